The fourth-order valence-corrected chi connectivity index (χ4v) is 12.3. The van der Waals surface area contributed by atoms with Gasteiger partial charge in [-0.25, -0.2) is 0 Å². The Bertz CT molecular complexity index is 3900. The molecule has 4 aliphatic carbocycles. The average molecular weight is 1090 g/mol. The van der Waals surface area contributed by atoms with Crippen LogP contribution < -0.4 is 0 Å². The van der Waals surface area contributed by atoms with E-state index >= 15 is 0 Å². The van der Waals surface area contributed by atoms with E-state index < -0.39 is 0 Å². The molecule has 0 heterocycles. The van der Waals surface area contributed by atoms with Crippen molar-refractivity contribution in [2.24, 2.45) is 5.92 Å². The Hall–Kier alpha value is -9.88. The summed E-state index contributed by atoms with van der Waals surface area (Å²) < 4.78 is 0. The maximum Gasteiger partial charge on any atom is 0.0537 e. The number of hydrogen-bond donors (Lipinski definition) is 0. The third-order valence-electron chi connectivity index (χ3n) is 15.9. The molecular weight excluding hydrogens is 1010 g/mol. The highest BCUT2D eigenvalue weighted by molar-refractivity contribution is 5.98. The topological polar surface area (TPSA) is 0 Å². The molecule has 13 aromatic carbocycles. The van der Waals surface area contributed by atoms with Gasteiger partial charge in [-0.3, -0.25) is 0 Å². The highest BCUT2D eigenvalue weighted by Gasteiger charge is 2.56. The van der Waals surface area contributed by atoms with Gasteiger partial charge in [-0.1, -0.05) is 369 Å². The van der Waals surface area contributed by atoms with Crippen molar-refractivity contribution in [3.8, 4) is 33.4 Å². The molecule has 0 amide bonds. The van der Waals surface area contributed by atoms with Crippen LogP contribution in [-0.4, -0.2) is 0 Å². The first kappa shape index (κ1) is 60.2. The maximum absolute atomic E-state index is 2.43. The van der Waals surface area contributed by atoms with E-state index in [1.807, 2.05) is 48.5 Å². The molecule has 17 rings (SSSR count). The minimum Gasteiger partial charge on any atom is -0.0789 e. The largest absolute Gasteiger partial charge is 0.0789 e. The Balaban J connectivity index is 0.000000137. The number of rotatable bonds is 1. The van der Waals surface area contributed by atoms with Gasteiger partial charge in [0.2, 0.25) is 0 Å². The van der Waals surface area contributed by atoms with Crippen molar-refractivity contribution in [2.45, 2.75) is 47.5 Å². The van der Waals surface area contributed by atoms with Crippen LogP contribution in [0.4, 0.5) is 0 Å². The fourth-order valence-electron chi connectivity index (χ4n) is 12.3. The predicted molar refractivity (Wildman–Crippen MR) is 368 cm³/mol. The lowest BCUT2D eigenvalue weighted by atomic mass is 9.65. The number of allylic oxidation sites excluding steroid dienone is 4. The van der Waals surface area contributed by atoms with Gasteiger partial charge in [-0.2, -0.15) is 0 Å². The standard InChI is InChI=1S/C25H18.C14H10.C13H10.C12H10.C10H8.C6H6.4CH4/c1-5-13-21-17(9-1)18-10-2-6-14-22(18)25(21)23-15-7-3-11-19(23)20-12-4-8-16-24(20)25;1-2-6-12-10-14-8-4-3-7-13(14)9-11(12)5-1;1-3-7-12-10(5-1)9-11-6-2-4-8-13(11)12;1-3-7-11(8-4-1)12-9-5-2-6-10-12;1-2-6-10-8-4-3-7-9(10)5-1;1-2-4-6-5-3-1;;;;/h1-17,21H;1-10H;1-8H,9H2;1-10H;1-8H;1-6H;4*1H4. The van der Waals surface area contributed by atoms with Gasteiger partial charge in [-0.15, -0.1) is 0 Å². The Morgan fingerprint density at radius 2 is 0.548 bits per heavy atom. The van der Waals surface area contributed by atoms with Gasteiger partial charge >= 0.3 is 0 Å². The maximum atomic E-state index is 2.43. The molecule has 0 aromatic heterocycles. The van der Waals surface area contributed by atoms with Crippen LogP contribution in [0, 0.1) is 5.92 Å². The molecule has 414 valence electrons. The first-order valence-electron chi connectivity index (χ1n) is 28.0. The van der Waals surface area contributed by atoms with Crippen molar-refractivity contribution in [2.75, 3.05) is 0 Å². The summed E-state index contributed by atoms with van der Waals surface area (Å²) in [4.78, 5) is 0. The molecule has 13 aromatic rings. The number of hydrogen-bond acceptors (Lipinski definition) is 0. The van der Waals surface area contributed by atoms with Crippen molar-refractivity contribution in [3.05, 3.63) is 385 Å². The molecule has 0 fully saturated rings. The summed E-state index contributed by atoms with van der Waals surface area (Å²) in [6.07, 6.45) is 10.4. The van der Waals surface area contributed by atoms with Gasteiger partial charge < -0.3 is 0 Å². The predicted octanol–water partition coefficient (Wildman–Crippen LogP) is 23.5. The van der Waals surface area contributed by atoms with Crippen molar-refractivity contribution in [3.63, 3.8) is 0 Å². The van der Waals surface area contributed by atoms with Crippen LogP contribution in [0.5, 0.6) is 0 Å². The molecule has 2 atom stereocenters. The minimum absolute atomic E-state index is 0. The van der Waals surface area contributed by atoms with E-state index in [2.05, 4.69) is 303 Å². The number of fused-ring (bicyclic) bond motifs is 16. The fraction of sp³-hybridized carbons (Fsp3) is 0.0952. The van der Waals surface area contributed by atoms with E-state index in [9.17, 15) is 0 Å². The zero-order valence-corrected chi connectivity index (χ0v) is 44.8. The van der Waals surface area contributed by atoms with E-state index in [1.165, 1.54) is 99.1 Å². The van der Waals surface area contributed by atoms with Crippen molar-refractivity contribution in [1.29, 1.82) is 0 Å². The molecule has 4 aliphatic rings. The quantitative estimate of drug-likeness (QED) is 0.144. The summed E-state index contributed by atoms with van der Waals surface area (Å²) in [6.45, 7) is 0. The summed E-state index contributed by atoms with van der Waals surface area (Å²) in [6, 6.07) is 115. The van der Waals surface area contributed by atoms with Crippen molar-refractivity contribution >= 4 is 32.3 Å². The Morgan fingerprint density at radius 1 is 0.250 bits per heavy atom. The molecule has 0 radical (unpaired) electrons. The van der Waals surface area contributed by atoms with Gasteiger partial charge in [-0.05, 0) is 118 Å². The lowest BCUT2D eigenvalue weighted by molar-refractivity contribution is 0.465. The van der Waals surface area contributed by atoms with Crippen LogP contribution in [0.3, 0.4) is 0 Å². The number of benzene rings is 13. The van der Waals surface area contributed by atoms with Crippen molar-refractivity contribution < 1.29 is 0 Å². The van der Waals surface area contributed by atoms with Gasteiger partial charge in [0.1, 0.15) is 0 Å². The molecule has 0 saturated carbocycles. The zero-order chi connectivity index (χ0) is 53.8. The molecule has 0 nitrogen and oxygen atoms in total. The Labute approximate surface area is 501 Å². The van der Waals surface area contributed by atoms with Crippen LogP contribution in [0.1, 0.15) is 69.0 Å². The van der Waals surface area contributed by atoms with Crippen LogP contribution in [0.15, 0.2) is 352 Å². The molecule has 0 heteroatoms. The van der Waals surface area contributed by atoms with Crippen LogP contribution in [0.2, 0.25) is 0 Å². The van der Waals surface area contributed by atoms with Gasteiger partial charge in [0, 0.05) is 11.8 Å². The molecule has 0 aliphatic heterocycles. The van der Waals surface area contributed by atoms with E-state index in [0.29, 0.717) is 11.8 Å². The van der Waals surface area contributed by atoms with E-state index in [1.54, 1.807) is 0 Å². The first-order valence-corrected chi connectivity index (χ1v) is 28.0. The molecule has 0 bridgehead atoms. The zero-order valence-electron chi connectivity index (χ0n) is 44.8. The summed E-state index contributed by atoms with van der Waals surface area (Å²) in [5, 5.41) is 7.87. The molecule has 1 spiro atoms. The lowest BCUT2D eigenvalue weighted by Crippen LogP contribution is -2.32. The third kappa shape index (κ3) is 12.6. The monoisotopic (exact) mass is 1090 g/mol. The highest BCUT2D eigenvalue weighted by Crippen LogP contribution is 2.65. The summed E-state index contributed by atoms with van der Waals surface area (Å²) in [5.41, 5.74) is 17.0. The normalized spacial score (nSPS) is 13.8. The summed E-state index contributed by atoms with van der Waals surface area (Å²) >= 11 is 0. The second kappa shape index (κ2) is 28.7. The second-order valence-electron chi connectivity index (χ2n) is 20.6. The van der Waals surface area contributed by atoms with Crippen LogP contribution in [0.25, 0.3) is 65.7 Å². The van der Waals surface area contributed by atoms with Crippen LogP contribution >= 0.6 is 0 Å². The van der Waals surface area contributed by atoms with Crippen molar-refractivity contribution in [1.82, 2.24) is 0 Å². The lowest BCUT2D eigenvalue weighted by Gasteiger charge is -2.36. The highest BCUT2D eigenvalue weighted by atomic mass is 14.6. The molecule has 2 unspecified atom stereocenters. The Morgan fingerprint density at radius 3 is 0.964 bits per heavy atom. The average Bonchev–Trinajstić information content (AvgIpc) is 1.64. The van der Waals surface area contributed by atoms with Gasteiger partial charge in [0.15, 0.2) is 0 Å². The SMILES string of the molecule is C.C.C.C.C1=CC2c3ccccc3C3(c4ccccc4-c4ccccc43)C2C=C1.c1ccc(-c2ccccc2)cc1.c1ccc2c(c1)Cc1ccccc1-2.c1ccc2cc3ccccc3cc2c1.c1ccc2ccccc2c1.c1ccccc1. The third-order valence-corrected chi connectivity index (χ3v) is 15.9. The first-order chi connectivity index (χ1) is 39.7. The smallest absolute Gasteiger partial charge is 0.0537 e. The minimum atomic E-state index is -0.0598. The van der Waals surface area contributed by atoms with E-state index in [4.69, 9.17) is 0 Å². The van der Waals surface area contributed by atoms with Gasteiger partial charge in [0.25, 0.3) is 0 Å². The Kier molecular flexibility index (Phi) is 20.6. The molecule has 84 heavy (non-hydrogen) atoms. The summed E-state index contributed by atoms with van der Waals surface area (Å²) in [5.74, 6) is 0.903. The van der Waals surface area contributed by atoms with E-state index in [-0.39, 0.29) is 35.1 Å². The molecular formula is C84H78. The van der Waals surface area contributed by atoms with E-state index in [0.717, 1.165) is 6.42 Å². The molecule has 0 saturated heterocycles. The van der Waals surface area contributed by atoms with Crippen LogP contribution in [-0.2, 0) is 11.8 Å². The molecule has 0 N–H and O–H groups in total. The van der Waals surface area contributed by atoms with Gasteiger partial charge in [0.05, 0.1) is 5.41 Å². The summed E-state index contributed by atoms with van der Waals surface area (Å²) in [7, 11) is 0. The second-order valence-corrected chi connectivity index (χ2v) is 20.6.